The van der Waals surface area contributed by atoms with Crippen LogP contribution in [0.25, 0.3) is 0 Å². The van der Waals surface area contributed by atoms with E-state index in [9.17, 15) is 0 Å². The Morgan fingerprint density at radius 2 is 2.29 bits per heavy atom. The number of nitrogens with zero attached hydrogens (tertiary/aromatic N) is 3. The van der Waals surface area contributed by atoms with E-state index in [2.05, 4.69) is 21.7 Å². The van der Waals surface area contributed by atoms with Crippen molar-refractivity contribution in [3.63, 3.8) is 0 Å². The molecule has 0 aliphatic rings. The maximum atomic E-state index is 6.55. The highest BCUT2D eigenvalue weighted by Crippen LogP contribution is 1.86. The molecule has 1 aromatic heterocycles. The van der Waals surface area contributed by atoms with Gasteiger partial charge in [0.15, 0.2) is 0 Å². The van der Waals surface area contributed by atoms with Crippen molar-refractivity contribution in [2.24, 2.45) is 4.99 Å². The third kappa shape index (κ3) is 6.84. The number of rotatable bonds is 2. The lowest BCUT2D eigenvalue weighted by atomic mass is 10.5. The van der Waals surface area contributed by atoms with Gasteiger partial charge in [-0.05, 0) is 26.6 Å². The molecule has 1 aromatic rings. The van der Waals surface area contributed by atoms with Crippen molar-refractivity contribution in [1.29, 1.82) is 5.41 Å². The van der Waals surface area contributed by atoms with E-state index in [1.54, 1.807) is 31.6 Å². The van der Waals surface area contributed by atoms with Gasteiger partial charge in [-0.15, -0.1) is 0 Å². The number of aromatic nitrogens is 2. The maximum Gasteiger partial charge on any atom is 0.0555 e. The first-order chi connectivity index (χ1) is 6.70. The highest BCUT2D eigenvalue weighted by Gasteiger charge is 1.74. The first-order valence-corrected chi connectivity index (χ1v) is 4.07. The van der Waals surface area contributed by atoms with E-state index in [4.69, 9.17) is 5.41 Å². The fraction of sp³-hybridized carbons (Fsp3) is 0.200. The van der Waals surface area contributed by atoms with Gasteiger partial charge in [0.05, 0.1) is 5.69 Å². The molecule has 74 valence electrons. The summed E-state index contributed by atoms with van der Waals surface area (Å²) in [7, 11) is 0. The molecule has 4 heteroatoms. The Balaban J connectivity index is 0.000000241. The summed E-state index contributed by atoms with van der Waals surface area (Å²) in [5.74, 6) is 0. The van der Waals surface area contributed by atoms with E-state index in [0.29, 0.717) is 0 Å². The third-order valence-electron chi connectivity index (χ3n) is 1.27. The molecule has 0 aliphatic heterocycles. The van der Waals surface area contributed by atoms with Gasteiger partial charge in [-0.2, -0.15) is 0 Å². The Morgan fingerprint density at radius 1 is 1.57 bits per heavy atom. The normalized spacial score (nSPS) is 9.71. The molecule has 0 spiro atoms. The Bertz CT molecular complexity index is 303. The van der Waals surface area contributed by atoms with Gasteiger partial charge in [-0.25, -0.2) is 0 Å². The number of hydrogen-bond donors (Lipinski definition) is 1. The van der Waals surface area contributed by atoms with Crippen LogP contribution in [0.2, 0.25) is 0 Å². The molecule has 0 fully saturated rings. The smallest absolute Gasteiger partial charge is 0.0555 e. The summed E-state index contributed by atoms with van der Waals surface area (Å²) in [6.45, 7) is 6.96. The fourth-order valence-corrected chi connectivity index (χ4v) is 0.547. The Kier molecular flexibility index (Phi) is 6.77. The van der Waals surface area contributed by atoms with E-state index in [0.717, 1.165) is 11.4 Å². The molecule has 0 radical (unpaired) electrons. The summed E-state index contributed by atoms with van der Waals surface area (Å²) in [6, 6.07) is 0. The average molecular weight is 190 g/mol. The zero-order chi connectivity index (χ0) is 10.8. The second-order valence-electron chi connectivity index (χ2n) is 2.48. The number of aliphatic imine (C=N–C) groups is 1. The van der Waals surface area contributed by atoms with Crippen LogP contribution in [0.4, 0.5) is 0 Å². The molecule has 1 heterocycles. The lowest BCUT2D eigenvalue weighted by Crippen LogP contribution is -1.77. The van der Waals surface area contributed by atoms with Crippen molar-refractivity contribution in [3.8, 4) is 0 Å². The summed E-state index contributed by atoms with van der Waals surface area (Å²) < 4.78 is 0. The SMILES string of the molecule is C=N/C(C)=C\C=N.Cc1cnccn1. The number of nitrogens with one attached hydrogen (secondary N) is 1. The molecule has 0 aliphatic carbocycles. The van der Waals surface area contributed by atoms with Gasteiger partial charge < -0.3 is 5.41 Å². The minimum absolute atomic E-state index is 0.773. The molecule has 0 unspecified atom stereocenters. The van der Waals surface area contributed by atoms with Gasteiger partial charge in [0.25, 0.3) is 0 Å². The molecule has 0 atom stereocenters. The van der Waals surface area contributed by atoms with Gasteiger partial charge in [0, 0.05) is 30.5 Å². The Morgan fingerprint density at radius 3 is 2.50 bits per heavy atom. The van der Waals surface area contributed by atoms with Gasteiger partial charge in [-0.3, -0.25) is 15.0 Å². The topological polar surface area (TPSA) is 62.0 Å². The van der Waals surface area contributed by atoms with E-state index >= 15 is 0 Å². The molecule has 1 rings (SSSR count). The molecule has 0 bridgehead atoms. The summed E-state index contributed by atoms with van der Waals surface area (Å²) in [6.07, 6.45) is 7.82. The molecule has 1 N–H and O–H groups in total. The molecule has 0 saturated heterocycles. The van der Waals surface area contributed by atoms with E-state index < -0.39 is 0 Å². The Hall–Kier alpha value is -1.84. The Labute approximate surface area is 84.0 Å². The van der Waals surface area contributed by atoms with Crippen LogP contribution in [-0.4, -0.2) is 22.9 Å². The summed E-state index contributed by atoms with van der Waals surface area (Å²) in [4.78, 5) is 11.3. The quantitative estimate of drug-likeness (QED) is 0.725. The van der Waals surface area contributed by atoms with E-state index in [1.807, 2.05) is 6.92 Å². The fourth-order valence-electron chi connectivity index (χ4n) is 0.547. The summed E-state index contributed by atoms with van der Waals surface area (Å²) in [5, 5.41) is 6.55. The molecule has 0 amide bonds. The minimum Gasteiger partial charge on any atom is -0.309 e. The summed E-state index contributed by atoms with van der Waals surface area (Å²) >= 11 is 0. The van der Waals surface area contributed by atoms with Crippen molar-refractivity contribution in [2.75, 3.05) is 0 Å². The van der Waals surface area contributed by atoms with Gasteiger partial charge in [0.2, 0.25) is 0 Å². The van der Waals surface area contributed by atoms with Crippen LogP contribution in [0, 0.1) is 12.3 Å². The second-order valence-corrected chi connectivity index (χ2v) is 2.48. The van der Waals surface area contributed by atoms with Gasteiger partial charge >= 0.3 is 0 Å². The van der Waals surface area contributed by atoms with Crippen LogP contribution < -0.4 is 0 Å². The van der Waals surface area contributed by atoms with Crippen LogP contribution >= 0.6 is 0 Å². The van der Waals surface area contributed by atoms with Crippen LogP contribution in [0.1, 0.15) is 12.6 Å². The predicted molar refractivity (Wildman–Crippen MR) is 58.9 cm³/mol. The van der Waals surface area contributed by atoms with Crippen molar-refractivity contribution >= 4 is 12.9 Å². The van der Waals surface area contributed by atoms with Gasteiger partial charge in [-0.1, -0.05) is 0 Å². The van der Waals surface area contributed by atoms with Crippen molar-refractivity contribution in [2.45, 2.75) is 13.8 Å². The number of aryl methyl sites for hydroxylation is 1. The lowest BCUT2D eigenvalue weighted by Gasteiger charge is -1.81. The zero-order valence-electron chi connectivity index (χ0n) is 8.44. The van der Waals surface area contributed by atoms with Crippen LogP contribution in [0.5, 0.6) is 0 Å². The third-order valence-corrected chi connectivity index (χ3v) is 1.27. The van der Waals surface area contributed by atoms with Crippen LogP contribution in [0.15, 0.2) is 35.4 Å². The highest BCUT2D eigenvalue weighted by molar-refractivity contribution is 5.68. The molecule has 0 aromatic carbocycles. The summed E-state index contributed by atoms with van der Waals surface area (Å²) in [5.41, 5.74) is 1.73. The first kappa shape index (κ1) is 12.2. The first-order valence-electron chi connectivity index (χ1n) is 4.07. The molecular formula is C10H14N4. The van der Waals surface area contributed by atoms with Crippen LogP contribution in [0.3, 0.4) is 0 Å². The van der Waals surface area contributed by atoms with E-state index in [-0.39, 0.29) is 0 Å². The highest BCUT2D eigenvalue weighted by atomic mass is 14.7. The molecule has 14 heavy (non-hydrogen) atoms. The second kappa shape index (κ2) is 7.79. The molecule has 0 saturated carbocycles. The molecule has 4 nitrogen and oxygen atoms in total. The minimum atomic E-state index is 0.773. The van der Waals surface area contributed by atoms with Crippen molar-refractivity contribution < 1.29 is 0 Å². The molecular weight excluding hydrogens is 176 g/mol. The zero-order valence-corrected chi connectivity index (χ0v) is 8.44. The monoisotopic (exact) mass is 190 g/mol. The van der Waals surface area contributed by atoms with Crippen LogP contribution in [-0.2, 0) is 0 Å². The standard InChI is InChI=1S/C5H6N2.C5H8N2/c1-5-4-6-2-3-7-5;1-5(7-2)3-4-6/h2-4H,1H3;3-4,6H,2H2,1H3/b;5-3-,6-4?. The van der Waals surface area contributed by atoms with Crippen molar-refractivity contribution in [3.05, 3.63) is 36.1 Å². The largest absolute Gasteiger partial charge is 0.309 e. The number of hydrogen-bond acceptors (Lipinski definition) is 4. The number of allylic oxidation sites excluding steroid dienone is 2. The van der Waals surface area contributed by atoms with E-state index in [1.165, 1.54) is 6.21 Å². The lowest BCUT2D eigenvalue weighted by molar-refractivity contribution is 1.12. The predicted octanol–water partition coefficient (Wildman–Crippen LogP) is 2.03. The van der Waals surface area contributed by atoms with Gasteiger partial charge in [0.1, 0.15) is 0 Å². The maximum absolute atomic E-state index is 6.55. The average Bonchev–Trinajstić information content (AvgIpc) is 2.20. The van der Waals surface area contributed by atoms with Crippen molar-refractivity contribution in [1.82, 2.24) is 9.97 Å².